The van der Waals surface area contributed by atoms with Gasteiger partial charge in [0.05, 0.1) is 30.0 Å². The minimum absolute atomic E-state index is 0.104. The van der Waals surface area contributed by atoms with Crippen molar-refractivity contribution in [3.05, 3.63) is 28.8 Å². The lowest BCUT2D eigenvalue weighted by Crippen LogP contribution is -2.53. The van der Waals surface area contributed by atoms with E-state index < -0.39 is 0 Å². The molecule has 0 spiro atoms. The maximum Gasteiger partial charge on any atom is 0.256 e. The molecule has 1 aromatic carbocycles. The fraction of sp³-hybridized carbons (Fsp3) is 0.556. The Kier molecular flexibility index (Phi) is 6.24. The van der Waals surface area contributed by atoms with Crippen LogP contribution in [0.5, 0.6) is 0 Å². The second-order valence-corrected chi connectivity index (χ2v) is 6.49. The van der Waals surface area contributed by atoms with E-state index in [2.05, 4.69) is 19.2 Å². The topological polar surface area (TPSA) is 58.6 Å². The van der Waals surface area contributed by atoms with Crippen molar-refractivity contribution in [2.75, 3.05) is 25.0 Å². The summed E-state index contributed by atoms with van der Waals surface area (Å²) in [6.45, 7) is 7.55. The van der Waals surface area contributed by atoms with Crippen LogP contribution in [0.2, 0.25) is 5.02 Å². The number of nitrogens with zero attached hydrogens (tertiary/aromatic N) is 1. The van der Waals surface area contributed by atoms with Crippen LogP contribution in [0.1, 0.15) is 50.4 Å². The Morgan fingerprint density at radius 3 is 2.62 bits per heavy atom. The fourth-order valence-electron chi connectivity index (χ4n) is 2.91. The van der Waals surface area contributed by atoms with Gasteiger partial charge in [0.15, 0.2) is 0 Å². The number of benzene rings is 1. The second-order valence-electron chi connectivity index (χ2n) is 6.06. The van der Waals surface area contributed by atoms with Gasteiger partial charge in [-0.15, -0.1) is 0 Å². The number of morpholine rings is 1. The summed E-state index contributed by atoms with van der Waals surface area (Å²) < 4.78 is 5.93. The molecule has 1 heterocycles. The van der Waals surface area contributed by atoms with E-state index >= 15 is 0 Å². The number of anilines is 1. The van der Waals surface area contributed by atoms with E-state index in [0.29, 0.717) is 42.4 Å². The van der Waals surface area contributed by atoms with Gasteiger partial charge in [-0.05, 0) is 31.0 Å². The summed E-state index contributed by atoms with van der Waals surface area (Å²) in [6.07, 6.45) is 2.05. The van der Waals surface area contributed by atoms with Crippen LogP contribution in [0, 0.1) is 0 Å². The number of hydrogen-bond acceptors (Lipinski definition) is 3. The van der Waals surface area contributed by atoms with E-state index in [9.17, 15) is 9.59 Å². The molecule has 1 saturated heterocycles. The molecule has 0 aliphatic carbocycles. The number of amides is 2. The average molecular weight is 353 g/mol. The Morgan fingerprint density at radius 2 is 2.00 bits per heavy atom. The summed E-state index contributed by atoms with van der Waals surface area (Å²) in [7, 11) is 0. The van der Waals surface area contributed by atoms with Crippen molar-refractivity contribution in [2.24, 2.45) is 0 Å². The first kappa shape index (κ1) is 18.7. The van der Waals surface area contributed by atoms with Crippen molar-refractivity contribution in [3.8, 4) is 0 Å². The quantitative estimate of drug-likeness (QED) is 0.878. The SMILES string of the molecule is CCC(=O)Nc1cc(Cl)ccc1C(=O)N1CCOC(CC)(CC)C1. The highest BCUT2D eigenvalue weighted by atomic mass is 35.5. The molecule has 0 atom stereocenters. The van der Waals surface area contributed by atoms with Gasteiger partial charge in [0.2, 0.25) is 5.91 Å². The van der Waals surface area contributed by atoms with Crippen LogP contribution in [-0.2, 0) is 9.53 Å². The first-order chi connectivity index (χ1) is 11.4. The highest BCUT2D eigenvalue weighted by molar-refractivity contribution is 6.31. The van der Waals surface area contributed by atoms with Crippen molar-refractivity contribution >= 4 is 29.1 Å². The smallest absolute Gasteiger partial charge is 0.256 e. The van der Waals surface area contributed by atoms with E-state index in [0.717, 1.165) is 12.8 Å². The van der Waals surface area contributed by atoms with Gasteiger partial charge in [-0.3, -0.25) is 9.59 Å². The molecular weight excluding hydrogens is 328 g/mol. The van der Waals surface area contributed by atoms with Gasteiger partial charge in [0.25, 0.3) is 5.91 Å². The van der Waals surface area contributed by atoms with Crippen LogP contribution in [-0.4, -0.2) is 42.0 Å². The monoisotopic (exact) mass is 352 g/mol. The molecule has 0 unspecified atom stereocenters. The third kappa shape index (κ3) is 4.08. The first-order valence-corrected chi connectivity index (χ1v) is 8.85. The van der Waals surface area contributed by atoms with E-state index in [1.807, 2.05) is 0 Å². The predicted octanol–water partition coefficient (Wildman–Crippen LogP) is 3.72. The Morgan fingerprint density at radius 1 is 1.29 bits per heavy atom. The summed E-state index contributed by atoms with van der Waals surface area (Å²) in [5.41, 5.74) is 0.640. The van der Waals surface area contributed by atoms with E-state index in [4.69, 9.17) is 16.3 Å². The van der Waals surface area contributed by atoms with Gasteiger partial charge >= 0.3 is 0 Å². The largest absolute Gasteiger partial charge is 0.371 e. The van der Waals surface area contributed by atoms with Gasteiger partial charge in [-0.1, -0.05) is 32.4 Å². The minimum atomic E-state index is -0.285. The van der Waals surface area contributed by atoms with Crippen molar-refractivity contribution in [3.63, 3.8) is 0 Å². The third-order valence-electron chi connectivity index (χ3n) is 4.63. The van der Waals surface area contributed by atoms with Crippen LogP contribution >= 0.6 is 11.6 Å². The molecular formula is C18H25ClN2O3. The van der Waals surface area contributed by atoms with Gasteiger partial charge in [-0.2, -0.15) is 0 Å². The lowest BCUT2D eigenvalue weighted by atomic mass is 9.94. The third-order valence-corrected chi connectivity index (χ3v) is 4.87. The van der Waals surface area contributed by atoms with Crippen molar-refractivity contribution in [1.29, 1.82) is 0 Å². The Balaban J connectivity index is 2.27. The molecule has 0 radical (unpaired) electrons. The molecule has 0 aromatic heterocycles. The van der Waals surface area contributed by atoms with Crippen LogP contribution in [0.3, 0.4) is 0 Å². The zero-order valence-corrected chi connectivity index (χ0v) is 15.3. The van der Waals surface area contributed by atoms with Crippen LogP contribution in [0.25, 0.3) is 0 Å². The van der Waals surface area contributed by atoms with Crippen LogP contribution in [0.4, 0.5) is 5.69 Å². The van der Waals surface area contributed by atoms with E-state index in [1.54, 1.807) is 30.0 Å². The molecule has 5 nitrogen and oxygen atoms in total. The van der Waals surface area contributed by atoms with Gasteiger partial charge in [0.1, 0.15) is 0 Å². The van der Waals surface area contributed by atoms with Crippen LogP contribution in [0.15, 0.2) is 18.2 Å². The number of ether oxygens (including phenoxy) is 1. The van der Waals surface area contributed by atoms with Crippen molar-refractivity contribution < 1.29 is 14.3 Å². The Labute approximate surface area is 148 Å². The molecule has 1 N–H and O–H groups in total. The standard InChI is InChI=1S/C18H25ClN2O3/c1-4-16(22)20-15-11-13(19)7-8-14(15)17(23)21-9-10-24-18(5-2,6-3)12-21/h7-8,11H,4-6,9-10,12H2,1-3H3,(H,20,22). The zero-order chi connectivity index (χ0) is 17.7. The Bertz CT molecular complexity index is 614. The fourth-order valence-corrected chi connectivity index (χ4v) is 3.08. The summed E-state index contributed by atoms with van der Waals surface area (Å²) >= 11 is 6.03. The lowest BCUT2D eigenvalue weighted by Gasteiger charge is -2.42. The van der Waals surface area contributed by atoms with Crippen LogP contribution < -0.4 is 5.32 Å². The molecule has 2 rings (SSSR count). The minimum Gasteiger partial charge on any atom is -0.371 e. The molecule has 1 aliphatic heterocycles. The van der Waals surface area contributed by atoms with Gasteiger partial charge in [0, 0.05) is 18.0 Å². The van der Waals surface area contributed by atoms with Gasteiger partial charge in [-0.25, -0.2) is 0 Å². The van der Waals surface area contributed by atoms with E-state index in [-0.39, 0.29) is 17.4 Å². The molecule has 0 bridgehead atoms. The summed E-state index contributed by atoms with van der Waals surface area (Å²) in [4.78, 5) is 26.5. The average Bonchev–Trinajstić information content (AvgIpc) is 2.61. The highest BCUT2D eigenvalue weighted by Crippen LogP contribution is 2.28. The lowest BCUT2D eigenvalue weighted by molar-refractivity contribution is -0.115. The number of halogens is 1. The van der Waals surface area contributed by atoms with Gasteiger partial charge < -0.3 is 15.0 Å². The second kappa shape index (κ2) is 7.99. The summed E-state index contributed by atoms with van der Waals surface area (Å²) in [6, 6.07) is 4.96. The highest BCUT2D eigenvalue weighted by Gasteiger charge is 2.36. The molecule has 1 aromatic rings. The zero-order valence-electron chi connectivity index (χ0n) is 14.5. The van der Waals surface area contributed by atoms with E-state index in [1.165, 1.54) is 0 Å². The maximum atomic E-state index is 13.0. The summed E-state index contributed by atoms with van der Waals surface area (Å²) in [5, 5.41) is 3.25. The Hall–Kier alpha value is -1.59. The summed E-state index contributed by atoms with van der Waals surface area (Å²) in [5.74, 6) is -0.252. The molecule has 1 aliphatic rings. The molecule has 6 heteroatoms. The maximum absolute atomic E-state index is 13.0. The number of carbonyl (C=O) groups is 2. The van der Waals surface area contributed by atoms with Crippen molar-refractivity contribution in [2.45, 2.75) is 45.6 Å². The number of hydrogen-bond donors (Lipinski definition) is 1. The molecule has 1 fully saturated rings. The number of nitrogens with one attached hydrogen (secondary N) is 1. The number of rotatable bonds is 5. The molecule has 0 saturated carbocycles. The molecule has 2 amide bonds. The van der Waals surface area contributed by atoms with Crippen molar-refractivity contribution in [1.82, 2.24) is 4.90 Å². The number of carbonyl (C=O) groups excluding carboxylic acids is 2. The molecule has 24 heavy (non-hydrogen) atoms. The normalized spacial score (nSPS) is 16.8. The predicted molar refractivity (Wildman–Crippen MR) is 95.5 cm³/mol. The molecule has 132 valence electrons. The first-order valence-electron chi connectivity index (χ1n) is 8.47.